The molecule has 0 unspecified atom stereocenters. The van der Waals surface area contributed by atoms with Crippen molar-refractivity contribution in [3.63, 3.8) is 0 Å². The topological polar surface area (TPSA) is 76.2 Å². The molecule has 1 amide bonds. The van der Waals surface area contributed by atoms with Crippen LogP contribution in [0.15, 0.2) is 18.3 Å². The standard InChI is InChI=1S/C13H14F3N3O3/c1-12(2,3)22-11(20)18-9-4-7-6-17-19-8(7)5-10(9)21-13(14,15)16/h4-6H,1-3H3,(H,17,19)(H,18,20). The van der Waals surface area contributed by atoms with E-state index in [4.69, 9.17) is 4.74 Å². The number of anilines is 1. The molecule has 0 aliphatic heterocycles. The van der Waals surface area contributed by atoms with Crippen LogP contribution in [-0.2, 0) is 4.74 Å². The largest absolute Gasteiger partial charge is 0.573 e. The maximum atomic E-state index is 12.5. The average molecular weight is 317 g/mol. The summed E-state index contributed by atoms with van der Waals surface area (Å²) in [6, 6.07) is 2.38. The summed E-state index contributed by atoms with van der Waals surface area (Å²) in [5.41, 5.74) is -0.677. The lowest BCUT2D eigenvalue weighted by Gasteiger charge is -2.20. The first-order valence-electron chi connectivity index (χ1n) is 6.27. The highest BCUT2D eigenvalue weighted by Gasteiger charge is 2.33. The Morgan fingerprint density at radius 3 is 2.55 bits per heavy atom. The first-order valence-corrected chi connectivity index (χ1v) is 6.27. The highest BCUT2D eigenvalue weighted by atomic mass is 19.4. The first kappa shape index (κ1) is 15.9. The number of rotatable bonds is 2. The van der Waals surface area contributed by atoms with Crippen molar-refractivity contribution in [2.75, 3.05) is 5.32 Å². The number of aromatic amines is 1. The molecular formula is C13H14F3N3O3. The molecule has 9 heteroatoms. The van der Waals surface area contributed by atoms with Gasteiger partial charge in [0.25, 0.3) is 0 Å². The van der Waals surface area contributed by atoms with Crippen molar-refractivity contribution in [2.24, 2.45) is 0 Å². The molecule has 0 fully saturated rings. The van der Waals surface area contributed by atoms with Gasteiger partial charge < -0.3 is 9.47 Å². The van der Waals surface area contributed by atoms with Crippen LogP contribution in [0, 0.1) is 0 Å². The maximum Gasteiger partial charge on any atom is 0.573 e. The van der Waals surface area contributed by atoms with Crippen LogP contribution in [-0.4, -0.2) is 28.3 Å². The van der Waals surface area contributed by atoms with Crippen LogP contribution in [0.25, 0.3) is 10.9 Å². The number of amides is 1. The zero-order valence-corrected chi connectivity index (χ0v) is 12.0. The Morgan fingerprint density at radius 1 is 1.27 bits per heavy atom. The first-order chi connectivity index (χ1) is 10.0. The van der Waals surface area contributed by atoms with Gasteiger partial charge in [0.2, 0.25) is 0 Å². The Morgan fingerprint density at radius 2 is 1.95 bits per heavy atom. The zero-order valence-electron chi connectivity index (χ0n) is 12.0. The van der Waals surface area contributed by atoms with Gasteiger partial charge in [-0.2, -0.15) is 5.10 Å². The minimum Gasteiger partial charge on any atom is -0.444 e. The van der Waals surface area contributed by atoms with E-state index in [0.717, 1.165) is 6.07 Å². The van der Waals surface area contributed by atoms with E-state index in [1.807, 2.05) is 0 Å². The van der Waals surface area contributed by atoms with E-state index >= 15 is 0 Å². The van der Waals surface area contributed by atoms with Crippen LogP contribution in [0.3, 0.4) is 0 Å². The number of ether oxygens (including phenoxy) is 2. The number of nitrogens with zero attached hydrogens (tertiary/aromatic N) is 1. The number of hydrogen-bond acceptors (Lipinski definition) is 4. The Hall–Kier alpha value is -2.45. The molecule has 2 N–H and O–H groups in total. The molecule has 0 radical (unpaired) electrons. The number of nitrogens with one attached hydrogen (secondary N) is 2. The van der Waals surface area contributed by atoms with Gasteiger partial charge in [-0.25, -0.2) is 4.79 Å². The van der Waals surface area contributed by atoms with Gasteiger partial charge in [-0.3, -0.25) is 10.4 Å². The molecule has 2 rings (SSSR count). The van der Waals surface area contributed by atoms with E-state index in [0.29, 0.717) is 5.39 Å². The van der Waals surface area contributed by atoms with Crippen LogP contribution < -0.4 is 10.1 Å². The van der Waals surface area contributed by atoms with E-state index in [2.05, 4.69) is 20.3 Å². The lowest BCUT2D eigenvalue weighted by Crippen LogP contribution is -2.27. The van der Waals surface area contributed by atoms with Crippen molar-refractivity contribution in [3.05, 3.63) is 18.3 Å². The second kappa shape index (κ2) is 5.39. The zero-order chi connectivity index (χ0) is 16.5. The highest BCUT2D eigenvalue weighted by Crippen LogP contribution is 2.34. The van der Waals surface area contributed by atoms with Crippen molar-refractivity contribution in [1.29, 1.82) is 0 Å². The third kappa shape index (κ3) is 4.27. The number of hydrogen-bond donors (Lipinski definition) is 2. The van der Waals surface area contributed by atoms with Crippen LogP contribution in [0.2, 0.25) is 0 Å². The summed E-state index contributed by atoms with van der Waals surface area (Å²) in [5.74, 6) is -0.571. The van der Waals surface area contributed by atoms with Gasteiger partial charge in [0.1, 0.15) is 5.60 Å². The fourth-order valence-corrected chi connectivity index (χ4v) is 1.69. The number of halogens is 3. The van der Waals surface area contributed by atoms with Crippen LogP contribution in [0.5, 0.6) is 5.75 Å². The maximum absolute atomic E-state index is 12.5. The number of alkyl halides is 3. The smallest absolute Gasteiger partial charge is 0.444 e. The van der Waals surface area contributed by atoms with Crippen molar-refractivity contribution in [2.45, 2.75) is 32.7 Å². The molecule has 120 valence electrons. The molecule has 0 atom stereocenters. The van der Waals surface area contributed by atoms with Gasteiger partial charge in [0.05, 0.1) is 11.2 Å². The Bertz CT molecular complexity index is 689. The number of carbonyl (C=O) groups is 1. The van der Waals surface area contributed by atoms with Crippen LogP contribution in [0.4, 0.5) is 23.7 Å². The fraction of sp³-hybridized carbons (Fsp3) is 0.385. The third-order valence-electron chi connectivity index (χ3n) is 2.40. The number of carbonyl (C=O) groups excluding carboxylic acids is 1. The molecule has 6 nitrogen and oxygen atoms in total. The summed E-state index contributed by atoms with van der Waals surface area (Å²) >= 11 is 0. The van der Waals surface area contributed by atoms with Gasteiger partial charge in [-0.15, -0.1) is 13.2 Å². The van der Waals surface area contributed by atoms with Crippen molar-refractivity contribution in [3.8, 4) is 5.75 Å². The molecule has 2 aromatic rings. The summed E-state index contributed by atoms with van der Waals surface area (Å²) in [6.45, 7) is 4.91. The van der Waals surface area contributed by atoms with Crippen molar-refractivity contribution < 1.29 is 27.4 Å². The number of aromatic nitrogens is 2. The lowest BCUT2D eigenvalue weighted by atomic mass is 10.2. The van der Waals surface area contributed by atoms with Crippen molar-refractivity contribution >= 4 is 22.7 Å². The van der Waals surface area contributed by atoms with Crippen LogP contribution >= 0.6 is 0 Å². The second-order valence-electron chi connectivity index (χ2n) is 5.47. The van der Waals surface area contributed by atoms with Crippen molar-refractivity contribution in [1.82, 2.24) is 10.2 Å². The minimum absolute atomic E-state index is 0.166. The molecule has 0 saturated carbocycles. The van der Waals surface area contributed by atoms with Gasteiger partial charge in [0, 0.05) is 17.6 Å². The van der Waals surface area contributed by atoms with Gasteiger partial charge >= 0.3 is 12.5 Å². The van der Waals surface area contributed by atoms with E-state index in [1.165, 1.54) is 12.3 Å². The molecule has 1 aromatic heterocycles. The normalized spacial score (nSPS) is 12.3. The molecule has 0 bridgehead atoms. The summed E-state index contributed by atoms with van der Waals surface area (Å²) in [7, 11) is 0. The van der Waals surface area contributed by atoms with E-state index < -0.39 is 23.8 Å². The van der Waals surface area contributed by atoms with Gasteiger partial charge in [0.15, 0.2) is 5.75 Å². The average Bonchev–Trinajstić information content (AvgIpc) is 2.71. The summed E-state index contributed by atoms with van der Waals surface area (Å²) in [4.78, 5) is 11.7. The quantitative estimate of drug-likeness (QED) is 0.883. The molecule has 1 aromatic carbocycles. The number of H-pyrrole nitrogens is 1. The SMILES string of the molecule is CC(C)(C)OC(=O)Nc1cc2c[nH]nc2cc1OC(F)(F)F. The fourth-order valence-electron chi connectivity index (χ4n) is 1.69. The third-order valence-corrected chi connectivity index (χ3v) is 2.40. The number of benzene rings is 1. The summed E-state index contributed by atoms with van der Waals surface area (Å²) < 4.78 is 46.3. The molecule has 1 heterocycles. The molecule has 0 spiro atoms. The Kier molecular flexibility index (Phi) is 3.90. The highest BCUT2D eigenvalue weighted by molar-refractivity contribution is 5.92. The van der Waals surface area contributed by atoms with Crippen LogP contribution in [0.1, 0.15) is 20.8 Å². The monoisotopic (exact) mass is 317 g/mol. The molecule has 0 aliphatic rings. The predicted molar refractivity (Wildman–Crippen MR) is 72.6 cm³/mol. The lowest BCUT2D eigenvalue weighted by molar-refractivity contribution is -0.274. The van der Waals surface area contributed by atoms with Gasteiger partial charge in [-0.05, 0) is 26.8 Å². The second-order valence-corrected chi connectivity index (χ2v) is 5.47. The number of fused-ring (bicyclic) bond motifs is 1. The Balaban J connectivity index is 2.33. The van der Waals surface area contributed by atoms with E-state index in [-0.39, 0.29) is 11.2 Å². The summed E-state index contributed by atoms with van der Waals surface area (Å²) in [5, 5.41) is 9.05. The van der Waals surface area contributed by atoms with E-state index in [9.17, 15) is 18.0 Å². The molecule has 0 aliphatic carbocycles. The molecular weight excluding hydrogens is 303 g/mol. The van der Waals surface area contributed by atoms with E-state index in [1.54, 1.807) is 20.8 Å². The summed E-state index contributed by atoms with van der Waals surface area (Å²) in [6.07, 6.45) is -4.30. The minimum atomic E-state index is -4.89. The van der Waals surface area contributed by atoms with Gasteiger partial charge in [-0.1, -0.05) is 0 Å². The predicted octanol–water partition coefficient (Wildman–Crippen LogP) is 3.81. The molecule has 22 heavy (non-hydrogen) atoms. The molecule has 0 saturated heterocycles. The Labute approximate surface area is 123 Å².